The van der Waals surface area contributed by atoms with Crippen molar-refractivity contribution in [2.24, 2.45) is 5.73 Å². The summed E-state index contributed by atoms with van der Waals surface area (Å²) in [6.45, 7) is 0. The molecule has 0 aromatic heterocycles. The average molecular weight is 235 g/mol. The molecule has 0 fully saturated rings. The summed E-state index contributed by atoms with van der Waals surface area (Å²) in [4.78, 5) is 12.0. The van der Waals surface area contributed by atoms with Gasteiger partial charge in [-0.1, -0.05) is 54.6 Å². The Morgan fingerprint density at radius 3 is 2.22 bits per heavy atom. The number of carbonyl (C=O) groups is 1. The Morgan fingerprint density at radius 1 is 0.889 bits per heavy atom. The molecule has 0 spiro atoms. The first-order valence-electron chi connectivity index (χ1n) is 5.93. The Bertz CT molecular complexity index is 629. The lowest BCUT2D eigenvalue weighted by molar-refractivity contribution is 0.0988. The van der Waals surface area contributed by atoms with Gasteiger partial charge in [0.25, 0.3) is 0 Å². The number of rotatable bonds is 1. The SMILES string of the molecule is NC1C(=O)c2ccccc2/C1=C/c1ccccc1. The summed E-state index contributed by atoms with van der Waals surface area (Å²) in [5.41, 5.74) is 9.66. The van der Waals surface area contributed by atoms with Crippen LogP contribution in [0.1, 0.15) is 21.5 Å². The number of Topliss-reactive ketones (excluding diaryl/α,β-unsaturated/α-hetero) is 1. The highest BCUT2D eigenvalue weighted by atomic mass is 16.1. The Balaban J connectivity index is 2.14. The van der Waals surface area contributed by atoms with E-state index in [9.17, 15) is 4.79 Å². The molecule has 0 saturated heterocycles. The molecule has 2 aromatic carbocycles. The Kier molecular flexibility index (Phi) is 2.58. The van der Waals surface area contributed by atoms with Crippen LogP contribution in [0.4, 0.5) is 0 Å². The van der Waals surface area contributed by atoms with Gasteiger partial charge in [0.15, 0.2) is 5.78 Å². The number of hydrogen-bond acceptors (Lipinski definition) is 2. The van der Waals surface area contributed by atoms with Gasteiger partial charge in [-0.25, -0.2) is 0 Å². The van der Waals surface area contributed by atoms with Crippen LogP contribution in [0.3, 0.4) is 0 Å². The molecule has 0 radical (unpaired) electrons. The molecule has 1 atom stereocenters. The highest BCUT2D eigenvalue weighted by Gasteiger charge is 2.31. The first kappa shape index (κ1) is 10.9. The summed E-state index contributed by atoms with van der Waals surface area (Å²) in [7, 11) is 0. The van der Waals surface area contributed by atoms with Crippen molar-refractivity contribution in [2.75, 3.05) is 0 Å². The molecule has 3 rings (SSSR count). The normalized spacial score (nSPS) is 20.2. The summed E-state index contributed by atoms with van der Waals surface area (Å²) in [6, 6.07) is 17.0. The number of nitrogens with two attached hydrogens (primary N) is 1. The number of carbonyl (C=O) groups excluding carboxylic acids is 1. The number of fused-ring (bicyclic) bond motifs is 1. The fourth-order valence-corrected chi connectivity index (χ4v) is 2.32. The van der Waals surface area contributed by atoms with E-state index >= 15 is 0 Å². The largest absolute Gasteiger partial charge is 0.317 e. The van der Waals surface area contributed by atoms with E-state index in [0.717, 1.165) is 22.3 Å². The zero-order valence-electron chi connectivity index (χ0n) is 9.84. The summed E-state index contributed by atoms with van der Waals surface area (Å²) >= 11 is 0. The van der Waals surface area contributed by atoms with Crippen LogP contribution >= 0.6 is 0 Å². The van der Waals surface area contributed by atoms with Gasteiger partial charge in [-0.2, -0.15) is 0 Å². The van der Waals surface area contributed by atoms with Crippen molar-refractivity contribution in [3.63, 3.8) is 0 Å². The van der Waals surface area contributed by atoms with Gasteiger partial charge >= 0.3 is 0 Å². The van der Waals surface area contributed by atoms with E-state index in [1.165, 1.54) is 0 Å². The molecule has 0 amide bonds. The van der Waals surface area contributed by atoms with Gasteiger partial charge < -0.3 is 5.73 Å². The molecular weight excluding hydrogens is 222 g/mol. The van der Waals surface area contributed by atoms with Gasteiger partial charge in [0, 0.05) is 5.56 Å². The van der Waals surface area contributed by atoms with E-state index in [4.69, 9.17) is 5.73 Å². The van der Waals surface area contributed by atoms with Gasteiger partial charge in [-0.15, -0.1) is 0 Å². The van der Waals surface area contributed by atoms with Crippen LogP contribution in [-0.4, -0.2) is 11.8 Å². The van der Waals surface area contributed by atoms with Crippen molar-refractivity contribution in [3.8, 4) is 0 Å². The van der Waals surface area contributed by atoms with Crippen LogP contribution < -0.4 is 5.73 Å². The van der Waals surface area contributed by atoms with Gasteiger partial charge in [-0.3, -0.25) is 4.79 Å². The minimum Gasteiger partial charge on any atom is -0.317 e. The number of benzene rings is 2. The van der Waals surface area contributed by atoms with E-state index < -0.39 is 6.04 Å². The molecule has 0 bridgehead atoms. The Hall–Kier alpha value is -2.19. The molecule has 18 heavy (non-hydrogen) atoms. The van der Waals surface area contributed by atoms with Crippen molar-refractivity contribution in [3.05, 3.63) is 71.3 Å². The van der Waals surface area contributed by atoms with Gasteiger partial charge in [0.2, 0.25) is 0 Å². The quantitative estimate of drug-likeness (QED) is 0.825. The number of hydrogen-bond donors (Lipinski definition) is 1. The fourth-order valence-electron chi connectivity index (χ4n) is 2.32. The van der Waals surface area contributed by atoms with Crippen LogP contribution in [0.2, 0.25) is 0 Å². The molecule has 0 aliphatic heterocycles. The number of ketones is 1. The second-order valence-corrected chi connectivity index (χ2v) is 4.40. The molecule has 1 aliphatic carbocycles. The second kappa shape index (κ2) is 4.24. The highest BCUT2D eigenvalue weighted by molar-refractivity contribution is 6.18. The van der Waals surface area contributed by atoms with Crippen LogP contribution in [0, 0.1) is 0 Å². The summed E-state index contributed by atoms with van der Waals surface area (Å²) in [5, 5.41) is 0. The van der Waals surface area contributed by atoms with Crippen LogP contribution in [-0.2, 0) is 0 Å². The third-order valence-corrected chi connectivity index (χ3v) is 3.24. The standard InChI is InChI=1S/C16H13NO/c17-15-14(10-11-6-2-1-3-7-11)12-8-4-5-9-13(12)16(15)18/h1-10,15H,17H2/b14-10-. The first-order valence-corrected chi connectivity index (χ1v) is 5.93. The summed E-state index contributed by atoms with van der Waals surface area (Å²) in [6.07, 6.45) is 1.99. The monoisotopic (exact) mass is 235 g/mol. The minimum atomic E-state index is -0.539. The molecule has 0 heterocycles. The van der Waals surface area contributed by atoms with Crippen LogP contribution in [0.25, 0.3) is 11.6 Å². The van der Waals surface area contributed by atoms with Crippen molar-refractivity contribution >= 4 is 17.4 Å². The summed E-state index contributed by atoms with van der Waals surface area (Å²) < 4.78 is 0. The van der Waals surface area contributed by atoms with Crippen molar-refractivity contribution < 1.29 is 4.79 Å². The van der Waals surface area contributed by atoms with E-state index in [-0.39, 0.29) is 5.78 Å². The maximum absolute atomic E-state index is 12.0. The van der Waals surface area contributed by atoms with E-state index in [2.05, 4.69) is 0 Å². The van der Waals surface area contributed by atoms with Gasteiger partial charge in [-0.05, 0) is 22.8 Å². The fraction of sp³-hybridized carbons (Fsp3) is 0.0625. The zero-order valence-corrected chi connectivity index (χ0v) is 9.84. The third kappa shape index (κ3) is 1.67. The lowest BCUT2D eigenvalue weighted by Crippen LogP contribution is -2.25. The minimum absolute atomic E-state index is 0.00720. The molecule has 1 aliphatic rings. The average Bonchev–Trinajstić information content (AvgIpc) is 2.66. The van der Waals surface area contributed by atoms with Gasteiger partial charge in [0.05, 0.1) is 6.04 Å². The van der Waals surface area contributed by atoms with Crippen LogP contribution in [0.5, 0.6) is 0 Å². The predicted octanol–water partition coefficient (Wildman–Crippen LogP) is 2.75. The van der Waals surface area contributed by atoms with E-state index in [0.29, 0.717) is 0 Å². The predicted molar refractivity (Wildman–Crippen MR) is 73.1 cm³/mol. The van der Waals surface area contributed by atoms with Crippen molar-refractivity contribution in [1.82, 2.24) is 0 Å². The first-order chi connectivity index (χ1) is 8.77. The molecular formula is C16H13NO. The molecule has 2 nitrogen and oxygen atoms in total. The maximum atomic E-state index is 12.0. The Morgan fingerprint density at radius 2 is 1.50 bits per heavy atom. The van der Waals surface area contributed by atoms with Gasteiger partial charge in [0.1, 0.15) is 0 Å². The molecule has 0 saturated carbocycles. The van der Waals surface area contributed by atoms with E-state index in [1.807, 2.05) is 60.7 Å². The lowest BCUT2D eigenvalue weighted by atomic mass is 10.0. The lowest BCUT2D eigenvalue weighted by Gasteiger charge is -2.04. The second-order valence-electron chi connectivity index (χ2n) is 4.40. The van der Waals surface area contributed by atoms with Crippen molar-refractivity contribution in [2.45, 2.75) is 6.04 Å². The van der Waals surface area contributed by atoms with Crippen molar-refractivity contribution in [1.29, 1.82) is 0 Å². The topological polar surface area (TPSA) is 43.1 Å². The molecule has 2 heteroatoms. The third-order valence-electron chi connectivity index (χ3n) is 3.24. The molecule has 1 unspecified atom stereocenters. The zero-order chi connectivity index (χ0) is 12.5. The van der Waals surface area contributed by atoms with E-state index in [1.54, 1.807) is 0 Å². The molecule has 2 N–H and O–H groups in total. The Labute approximate surface area is 106 Å². The molecule has 2 aromatic rings. The molecule has 88 valence electrons. The summed E-state index contributed by atoms with van der Waals surface area (Å²) in [5.74, 6) is 0.00720. The smallest absolute Gasteiger partial charge is 0.184 e. The van der Waals surface area contributed by atoms with Crippen LogP contribution in [0.15, 0.2) is 54.6 Å². The highest BCUT2D eigenvalue weighted by Crippen LogP contribution is 2.32. The maximum Gasteiger partial charge on any atom is 0.184 e.